The molecule has 0 saturated carbocycles. The van der Waals surface area contributed by atoms with Crippen LogP contribution in [-0.2, 0) is 6.42 Å². The highest BCUT2D eigenvalue weighted by Crippen LogP contribution is 2.27. The van der Waals surface area contributed by atoms with Crippen molar-refractivity contribution in [1.82, 2.24) is 10.3 Å². The van der Waals surface area contributed by atoms with Gasteiger partial charge in [0.2, 0.25) is 0 Å². The number of aromatic nitrogens is 1. The van der Waals surface area contributed by atoms with E-state index in [0.717, 1.165) is 13.0 Å². The fourth-order valence-corrected chi connectivity index (χ4v) is 2.38. The first-order valence-corrected chi connectivity index (χ1v) is 6.16. The normalized spacial score (nSPS) is 13.8. The molecule has 0 radical (unpaired) electrons. The van der Waals surface area contributed by atoms with Crippen molar-refractivity contribution < 1.29 is 0 Å². The molecule has 1 unspecified atom stereocenters. The molecule has 90 valence electrons. The van der Waals surface area contributed by atoms with E-state index in [4.69, 9.17) is 0 Å². The molecule has 1 N–H and O–H groups in total. The van der Waals surface area contributed by atoms with Crippen molar-refractivity contribution >= 4 is 0 Å². The summed E-state index contributed by atoms with van der Waals surface area (Å²) >= 11 is 0. The van der Waals surface area contributed by atoms with E-state index < -0.39 is 0 Å². The lowest BCUT2D eigenvalue weighted by Crippen LogP contribution is -2.32. The van der Waals surface area contributed by atoms with E-state index in [9.17, 15) is 0 Å². The van der Waals surface area contributed by atoms with Crippen LogP contribution >= 0.6 is 0 Å². The van der Waals surface area contributed by atoms with Gasteiger partial charge in [-0.05, 0) is 43.4 Å². The lowest BCUT2D eigenvalue weighted by atomic mass is 9.81. The fourth-order valence-electron chi connectivity index (χ4n) is 2.38. The monoisotopic (exact) mass is 220 g/mol. The minimum absolute atomic E-state index is 0.324. The highest BCUT2D eigenvalue weighted by atomic mass is 14.9. The second kappa shape index (κ2) is 6.00. The van der Waals surface area contributed by atoms with Crippen molar-refractivity contribution in [3.05, 3.63) is 30.1 Å². The zero-order valence-corrected chi connectivity index (χ0v) is 11.0. The maximum Gasteiger partial charge on any atom is 0.0300 e. The first-order valence-electron chi connectivity index (χ1n) is 6.16. The molecule has 1 rings (SSSR count). The molecular weight excluding hydrogens is 196 g/mol. The Bertz CT molecular complexity index is 293. The van der Waals surface area contributed by atoms with Gasteiger partial charge in [-0.2, -0.15) is 0 Å². The topological polar surface area (TPSA) is 24.9 Å². The summed E-state index contributed by atoms with van der Waals surface area (Å²) in [7, 11) is 0. The minimum atomic E-state index is 0.324. The number of pyridine rings is 1. The van der Waals surface area contributed by atoms with E-state index in [1.54, 1.807) is 0 Å². The Balaban J connectivity index is 2.51. The molecule has 1 heterocycles. The van der Waals surface area contributed by atoms with E-state index in [-0.39, 0.29) is 0 Å². The van der Waals surface area contributed by atoms with Gasteiger partial charge >= 0.3 is 0 Å². The first kappa shape index (κ1) is 13.2. The first-order chi connectivity index (χ1) is 7.53. The number of rotatable bonds is 6. The van der Waals surface area contributed by atoms with Crippen molar-refractivity contribution in [2.24, 2.45) is 5.41 Å². The summed E-state index contributed by atoms with van der Waals surface area (Å²) in [6.45, 7) is 10.1. The Labute approximate surface area is 99.5 Å². The van der Waals surface area contributed by atoms with E-state index in [1.807, 2.05) is 18.5 Å². The molecule has 16 heavy (non-hydrogen) atoms. The molecule has 1 atom stereocenters. The van der Waals surface area contributed by atoms with Crippen LogP contribution in [0.4, 0.5) is 0 Å². The van der Waals surface area contributed by atoms with Gasteiger partial charge in [0.1, 0.15) is 0 Å². The summed E-state index contributed by atoms with van der Waals surface area (Å²) in [6, 6.07) is 4.75. The van der Waals surface area contributed by atoms with Gasteiger partial charge in [-0.15, -0.1) is 0 Å². The summed E-state index contributed by atoms with van der Waals surface area (Å²) < 4.78 is 0. The van der Waals surface area contributed by atoms with E-state index >= 15 is 0 Å². The van der Waals surface area contributed by atoms with Crippen molar-refractivity contribution in [3.63, 3.8) is 0 Å². The van der Waals surface area contributed by atoms with Crippen LogP contribution < -0.4 is 5.32 Å². The van der Waals surface area contributed by atoms with Crippen LogP contribution in [0.5, 0.6) is 0 Å². The predicted molar refractivity (Wildman–Crippen MR) is 69.5 cm³/mol. The quantitative estimate of drug-likeness (QED) is 0.797. The lowest BCUT2D eigenvalue weighted by Gasteiger charge is -2.28. The predicted octanol–water partition coefficient (Wildman–Crippen LogP) is 3.04. The molecular formula is C14H24N2. The van der Waals surface area contributed by atoms with Crippen LogP contribution in [-0.4, -0.2) is 17.6 Å². The van der Waals surface area contributed by atoms with Gasteiger partial charge in [0.15, 0.2) is 0 Å². The maximum atomic E-state index is 4.17. The van der Waals surface area contributed by atoms with E-state index in [0.29, 0.717) is 11.5 Å². The molecule has 0 fully saturated rings. The Morgan fingerprint density at radius 1 is 1.44 bits per heavy atom. The second-order valence-corrected chi connectivity index (χ2v) is 5.37. The molecule has 0 aliphatic heterocycles. The fraction of sp³-hybridized carbons (Fsp3) is 0.643. The molecule has 2 heteroatoms. The molecule has 0 spiro atoms. The third kappa shape index (κ3) is 4.75. The molecule has 0 aromatic carbocycles. The molecule has 0 aliphatic carbocycles. The SMILES string of the molecule is CCNC(C)CC(C)(C)Cc1cccnc1. The Morgan fingerprint density at radius 3 is 2.75 bits per heavy atom. The summed E-state index contributed by atoms with van der Waals surface area (Å²) in [5.41, 5.74) is 1.65. The Morgan fingerprint density at radius 2 is 2.19 bits per heavy atom. The Hall–Kier alpha value is -0.890. The van der Waals surface area contributed by atoms with Crippen LogP contribution in [0.15, 0.2) is 24.5 Å². The number of nitrogens with one attached hydrogen (secondary N) is 1. The van der Waals surface area contributed by atoms with Gasteiger partial charge < -0.3 is 5.32 Å². The molecule has 0 aliphatic rings. The zero-order valence-electron chi connectivity index (χ0n) is 11.0. The number of hydrogen-bond acceptors (Lipinski definition) is 2. The van der Waals surface area contributed by atoms with Crippen LogP contribution in [0.1, 0.15) is 39.7 Å². The van der Waals surface area contributed by atoms with Gasteiger partial charge in [-0.25, -0.2) is 0 Å². The molecule has 0 bridgehead atoms. The average molecular weight is 220 g/mol. The molecule has 1 aromatic heterocycles. The van der Waals surface area contributed by atoms with Gasteiger partial charge in [-0.1, -0.05) is 26.8 Å². The highest BCUT2D eigenvalue weighted by Gasteiger charge is 2.21. The lowest BCUT2D eigenvalue weighted by molar-refractivity contribution is 0.288. The molecule has 1 aromatic rings. The highest BCUT2D eigenvalue weighted by molar-refractivity contribution is 5.10. The van der Waals surface area contributed by atoms with Crippen molar-refractivity contribution in [2.75, 3.05) is 6.54 Å². The zero-order chi connectivity index (χ0) is 12.0. The standard InChI is InChI=1S/C14H24N2/c1-5-16-12(2)9-14(3,4)10-13-7-6-8-15-11-13/h6-8,11-12,16H,5,9-10H2,1-4H3. The van der Waals surface area contributed by atoms with Gasteiger partial charge in [-0.3, -0.25) is 4.98 Å². The van der Waals surface area contributed by atoms with Crippen molar-refractivity contribution in [1.29, 1.82) is 0 Å². The van der Waals surface area contributed by atoms with Crippen LogP contribution in [0, 0.1) is 5.41 Å². The average Bonchev–Trinajstić information content (AvgIpc) is 2.17. The molecule has 0 amide bonds. The van der Waals surface area contributed by atoms with Crippen LogP contribution in [0.25, 0.3) is 0 Å². The summed E-state index contributed by atoms with van der Waals surface area (Å²) in [5.74, 6) is 0. The van der Waals surface area contributed by atoms with E-state index in [1.165, 1.54) is 12.0 Å². The smallest absolute Gasteiger partial charge is 0.0300 e. The van der Waals surface area contributed by atoms with Gasteiger partial charge in [0, 0.05) is 18.4 Å². The largest absolute Gasteiger partial charge is 0.315 e. The number of nitrogens with zero attached hydrogens (tertiary/aromatic N) is 1. The van der Waals surface area contributed by atoms with Crippen LogP contribution in [0.3, 0.4) is 0 Å². The minimum Gasteiger partial charge on any atom is -0.315 e. The third-order valence-electron chi connectivity index (χ3n) is 2.82. The summed E-state index contributed by atoms with van der Waals surface area (Å²) in [4.78, 5) is 4.17. The van der Waals surface area contributed by atoms with Crippen molar-refractivity contribution in [3.8, 4) is 0 Å². The summed E-state index contributed by atoms with van der Waals surface area (Å²) in [6.07, 6.45) is 6.09. The Kier molecular flexibility index (Phi) is 4.94. The summed E-state index contributed by atoms with van der Waals surface area (Å²) in [5, 5.41) is 3.47. The number of hydrogen-bond donors (Lipinski definition) is 1. The second-order valence-electron chi connectivity index (χ2n) is 5.37. The van der Waals surface area contributed by atoms with Gasteiger partial charge in [0.05, 0.1) is 0 Å². The van der Waals surface area contributed by atoms with Gasteiger partial charge in [0.25, 0.3) is 0 Å². The van der Waals surface area contributed by atoms with E-state index in [2.05, 4.69) is 44.1 Å². The molecule has 0 saturated heterocycles. The third-order valence-corrected chi connectivity index (χ3v) is 2.82. The molecule has 2 nitrogen and oxygen atoms in total. The maximum absolute atomic E-state index is 4.17. The van der Waals surface area contributed by atoms with Crippen molar-refractivity contribution in [2.45, 2.75) is 46.6 Å². The van der Waals surface area contributed by atoms with Crippen LogP contribution in [0.2, 0.25) is 0 Å².